The fraction of sp³-hybridized carbons (Fsp3) is 0.188. The maximum atomic E-state index is 13.7. The summed E-state index contributed by atoms with van der Waals surface area (Å²) >= 11 is 0. The van der Waals surface area contributed by atoms with Crippen molar-refractivity contribution in [2.24, 2.45) is 0 Å². The minimum absolute atomic E-state index is 0.00279. The summed E-state index contributed by atoms with van der Waals surface area (Å²) in [6.45, 7) is 0. The van der Waals surface area contributed by atoms with Crippen LogP contribution in [0, 0.1) is 0 Å². The highest BCUT2D eigenvalue weighted by molar-refractivity contribution is 5.96. The van der Waals surface area contributed by atoms with Crippen LogP contribution < -0.4 is 0 Å². The van der Waals surface area contributed by atoms with Crippen molar-refractivity contribution in [2.45, 2.75) is 18.3 Å². The zero-order valence-electron chi connectivity index (χ0n) is 11.8. The van der Waals surface area contributed by atoms with Gasteiger partial charge in [-0.25, -0.2) is 13.6 Å². The molecule has 0 atom stereocenters. The highest BCUT2D eigenvalue weighted by Crippen LogP contribution is 2.47. The van der Waals surface area contributed by atoms with Gasteiger partial charge in [-0.1, -0.05) is 42.5 Å². The van der Waals surface area contributed by atoms with Gasteiger partial charge in [0.25, 0.3) is 0 Å². The van der Waals surface area contributed by atoms with Crippen LogP contribution in [0.3, 0.4) is 0 Å². The zero-order chi connectivity index (χ0) is 18.1. The molecule has 1 N–H and O–H groups in total. The molecule has 0 radical (unpaired) electrons. The summed E-state index contributed by atoms with van der Waals surface area (Å²) in [5.74, 6) is -12.5. The Kier molecular flexibility index (Phi) is 4.59. The van der Waals surface area contributed by atoms with Crippen molar-refractivity contribution in [1.82, 2.24) is 0 Å². The van der Waals surface area contributed by atoms with Crippen LogP contribution in [0.1, 0.15) is 15.9 Å². The molecular weight excluding hydrogens is 338 g/mol. The lowest BCUT2D eigenvalue weighted by Crippen LogP contribution is -2.44. The molecule has 8 heteroatoms. The fourth-order valence-electron chi connectivity index (χ4n) is 2.12. The predicted molar refractivity (Wildman–Crippen MR) is 73.7 cm³/mol. The SMILES string of the molecule is O=C(O)c1cc(C(F)(F)C(F)(F)C(F)F)ccc1-c1ccccc1. The number of aromatic carboxylic acids is 1. The summed E-state index contributed by atoms with van der Waals surface area (Å²) in [5, 5.41) is 9.15. The van der Waals surface area contributed by atoms with Crippen molar-refractivity contribution in [3.63, 3.8) is 0 Å². The van der Waals surface area contributed by atoms with Gasteiger partial charge in [0, 0.05) is 5.56 Å². The number of hydrogen-bond acceptors (Lipinski definition) is 1. The molecule has 2 nitrogen and oxygen atoms in total. The molecule has 2 rings (SSSR count). The maximum Gasteiger partial charge on any atom is 0.373 e. The van der Waals surface area contributed by atoms with Crippen LogP contribution in [0.2, 0.25) is 0 Å². The van der Waals surface area contributed by atoms with Crippen molar-refractivity contribution in [3.8, 4) is 11.1 Å². The first-order chi connectivity index (χ1) is 11.1. The Morgan fingerprint density at radius 3 is 2.04 bits per heavy atom. The number of benzene rings is 2. The first-order valence-corrected chi connectivity index (χ1v) is 6.56. The minimum Gasteiger partial charge on any atom is -0.478 e. The monoisotopic (exact) mass is 348 g/mol. The van der Waals surface area contributed by atoms with Gasteiger partial charge in [0.2, 0.25) is 0 Å². The Labute approximate surface area is 132 Å². The normalized spacial score (nSPS) is 12.5. The van der Waals surface area contributed by atoms with Gasteiger partial charge in [-0.2, -0.15) is 17.6 Å². The van der Waals surface area contributed by atoms with Gasteiger partial charge >= 0.3 is 24.2 Å². The van der Waals surface area contributed by atoms with Gasteiger partial charge in [-0.05, 0) is 17.2 Å². The molecule has 0 unspecified atom stereocenters. The Bertz CT molecular complexity index is 743. The molecule has 2 aromatic rings. The van der Waals surface area contributed by atoms with Crippen LogP contribution in [0.15, 0.2) is 48.5 Å². The highest BCUT2D eigenvalue weighted by Gasteiger charge is 2.63. The van der Waals surface area contributed by atoms with Crippen LogP contribution in [0.25, 0.3) is 11.1 Å². The number of rotatable bonds is 5. The zero-order valence-corrected chi connectivity index (χ0v) is 11.8. The smallest absolute Gasteiger partial charge is 0.373 e. The molecule has 0 aliphatic heterocycles. The van der Waals surface area contributed by atoms with E-state index in [2.05, 4.69) is 0 Å². The average Bonchev–Trinajstić information content (AvgIpc) is 2.54. The van der Waals surface area contributed by atoms with Gasteiger partial charge in [0.05, 0.1) is 5.56 Å². The maximum absolute atomic E-state index is 13.7. The number of carboxylic acid groups (broad SMARTS) is 1. The molecule has 0 saturated carbocycles. The average molecular weight is 348 g/mol. The van der Waals surface area contributed by atoms with E-state index in [1.165, 1.54) is 12.1 Å². The lowest BCUT2D eigenvalue weighted by molar-refractivity contribution is -0.270. The number of halogens is 6. The summed E-state index contributed by atoms with van der Waals surface area (Å²) < 4.78 is 78.2. The fourth-order valence-corrected chi connectivity index (χ4v) is 2.12. The number of alkyl halides is 6. The Balaban J connectivity index is 2.60. The molecule has 2 aromatic carbocycles. The van der Waals surface area contributed by atoms with E-state index in [4.69, 9.17) is 5.11 Å². The molecular formula is C16H10F6O2. The lowest BCUT2D eigenvalue weighted by Gasteiger charge is -2.26. The number of hydrogen-bond donors (Lipinski definition) is 1. The quantitative estimate of drug-likeness (QED) is 0.769. The largest absolute Gasteiger partial charge is 0.478 e. The van der Waals surface area contributed by atoms with E-state index in [0.717, 1.165) is 6.07 Å². The lowest BCUT2D eigenvalue weighted by atomic mass is 9.93. The van der Waals surface area contributed by atoms with Crippen LogP contribution in [-0.4, -0.2) is 23.4 Å². The second kappa shape index (κ2) is 6.18. The van der Waals surface area contributed by atoms with E-state index in [-0.39, 0.29) is 5.56 Å². The number of carboxylic acids is 1. The Hall–Kier alpha value is -2.51. The van der Waals surface area contributed by atoms with E-state index in [1.807, 2.05) is 0 Å². The molecule has 0 heterocycles. The molecule has 0 aromatic heterocycles. The third-order valence-corrected chi connectivity index (χ3v) is 3.39. The van der Waals surface area contributed by atoms with Crippen LogP contribution in [0.5, 0.6) is 0 Å². The number of carbonyl (C=O) groups is 1. The summed E-state index contributed by atoms with van der Waals surface area (Å²) in [5.41, 5.74) is -1.83. The van der Waals surface area contributed by atoms with Crippen molar-refractivity contribution in [3.05, 3.63) is 59.7 Å². The van der Waals surface area contributed by atoms with E-state index < -0.39 is 35.4 Å². The van der Waals surface area contributed by atoms with Gasteiger partial charge in [0.15, 0.2) is 0 Å². The molecule has 0 saturated heterocycles. The first kappa shape index (κ1) is 17.8. The molecule has 0 spiro atoms. The molecule has 0 fully saturated rings. The molecule has 0 aliphatic carbocycles. The molecule has 0 aliphatic rings. The summed E-state index contributed by atoms with van der Waals surface area (Å²) in [6, 6.07) is 9.45. The van der Waals surface area contributed by atoms with Gasteiger partial charge in [0.1, 0.15) is 0 Å². The third-order valence-electron chi connectivity index (χ3n) is 3.39. The van der Waals surface area contributed by atoms with Crippen LogP contribution >= 0.6 is 0 Å². The van der Waals surface area contributed by atoms with Gasteiger partial charge in [-0.3, -0.25) is 0 Å². The van der Waals surface area contributed by atoms with Crippen molar-refractivity contribution in [2.75, 3.05) is 0 Å². The van der Waals surface area contributed by atoms with Gasteiger partial charge < -0.3 is 5.11 Å². The van der Waals surface area contributed by atoms with Crippen LogP contribution in [0.4, 0.5) is 26.3 Å². The topological polar surface area (TPSA) is 37.3 Å². The van der Waals surface area contributed by atoms with E-state index in [9.17, 15) is 31.1 Å². The minimum atomic E-state index is -5.63. The van der Waals surface area contributed by atoms with Crippen LogP contribution in [-0.2, 0) is 5.92 Å². The third kappa shape index (κ3) is 2.95. The summed E-state index contributed by atoms with van der Waals surface area (Å²) in [7, 11) is 0. The van der Waals surface area contributed by atoms with E-state index in [1.54, 1.807) is 18.2 Å². The second-order valence-electron chi connectivity index (χ2n) is 4.93. The Morgan fingerprint density at radius 2 is 1.54 bits per heavy atom. The van der Waals surface area contributed by atoms with E-state index in [0.29, 0.717) is 17.7 Å². The first-order valence-electron chi connectivity index (χ1n) is 6.56. The molecule has 0 bridgehead atoms. The standard InChI is InChI=1S/C16H10F6O2/c17-14(18)16(21,22)15(19,20)10-6-7-11(12(8-10)13(23)24)9-4-2-1-3-5-9/h1-8,14H,(H,23,24). The second-order valence-corrected chi connectivity index (χ2v) is 4.93. The Morgan fingerprint density at radius 1 is 0.958 bits per heavy atom. The summed E-state index contributed by atoms with van der Waals surface area (Å²) in [6.07, 6.45) is -4.60. The molecule has 0 amide bonds. The van der Waals surface area contributed by atoms with Crippen molar-refractivity contribution in [1.29, 1.82) is 0 Å². The summed E-state index contributed by atoms with van der Waals surface area (Å²) in [4.78, 5) is 11.3. The predicted octanol–water partition coefficient (Wildman–Crippen LogP) is 5.04. The van der Waals surface area contributed by atoms with Crippen molar-refractivity contribution >= 4 is 5.97 Å². The van der Waals surface area contributed by atoms with Gasteiger partial charge in [-0.15, -0.1) is 0 Å². The highest BCUT2D eigenvalue weighted by atomic mass is 19.3. The molecule has 24 heavy (non-hydrogen) atoms. The van der Waals surface area contributed by atoms with Crippen molar-refractivity contribution < 1.29 is 36.2 Å². The molecule has 128 valence electrons. The van der Waals surface area contributed by atoms with E-state index >= 15 is 0 Å².